The van der Waals surface area contributed by atoms with Gasteiger partial charge in [0.05, 0.1) is 26.7 Å². The van der Waals surface area contributed by atoms with E-state index in [4.69, 9.17) is 4.74 Å². The van der Waals surface area contributed by atoms with E-state index >= 15 is 0 Å². The van der Waals surface area contributed by atoms with Crippen LogP contribution >= 0.6 is 0 Å². The number of carbonyl (C=O) groups is 2. The van der Waals surface area contributed by atoms with Crippen molar-refractivity contribution in [3.05, 3.63) is 29.8 Å². The van der Waals surface area contributed by atoms with Gasteiger partial charge in [-0.1, -0.05) is 12.1 Å². The molecule has 0 aliphatic rings. The van der Waals surface area contributed by atoms with E-state index in [0.29, 0.717) is 0 Å². The van der Waals surface area contributed by atoms with Gasteiger partial charge in [0.1, 0.15) is 5.75 Å². The van der Waals surface area contributed by atoms with E-state index in [1.807, 2.05) is 12.1 Å². The lowest BCUT2D eigenvalue weighted by molar-refractivity contribution is -0.141. The van der Waals surface area contributed by atoms with E-state index in [9.17, 15) is 9.59 Å². The summed E-state index contributed by atoms with van der Waals surface area (Å²) in [5.74, 6) is 0.155. The third-order valence-electron chi connectivity index (χ3n) is 2.49. The number of nitrogens with one attached hydrogen (secondary N) is 1. The highest BCUT2D eigenvalue weighted by Gasteiger charge is 2.17. The summed E-state index contributed by atoms with van der Waals surface area (Å²) >= 11 is 0. The van der Waals surface area contributed by atoms with Crippen LogP contribution in [-0.4, -0.2) is 26.1 Å². The lowest BCUT2D eigenvalue weighted by atomic mass is 10.0. The molecule has 1 atom stereocenters. The summed E-state index contributed by atoms with van der Waals surface area (Å²) < 4.78 is 9.67. The molecule has 0 fully saturated rings. The molecule has 0 bridgehead atoms. The summed E-state index contributed by atoms with van der Waals surface area (Å²) in [6.07, 6.45) is 0.0996. The Kier molecular flexibility index (Phi) is 5.17. The SMILES string of the molecule is COC(=O)CC(NC(C)=O)c1ccc(OC)cc1. The number of esters is 1. The molecule has 0 heterocycles. The lowest BCUT2D eigenvalue weighted by Crippen LogP contribution is -2.28. The largest absolute Gasteiger partial charge is 0.497 e. The molecule has 1 amide bonds. The second-order valence-electron chi connectivity index (χ2n) is 3.81. The van der Waals surface area contributed by atoms with Gasteiger partial charge in [-0.05, 0) is 17.7 Å². The van der Waals surface area contributed by atoms with Gasteiger partial charge in [-0.2, -0.15) is 0 Å². The highest BCUT2D eigenvalue weighted by molar-refractivity contribution is 5.75. The molecule has 0 aliphatic heterocycles. The normalized spacial score (nSPS) is 11.5. The molecule has 0 spiro atoms. The van der Waals surface area contributed by atoms with Crippen molar-refractivity contribution >= 4 is 11.9 Å². The van der Waals surface area contributed by atoms with Crippen LogP contribution in [0.4, 0.5) is 0 Å². The van der Waals surface area contributed by atoms with Gasteiger partial charge in [0.2, 0.25) is 5.91 Å². The van der Waals surface area contributed by atoms with E-state index in [2.05, 4.69) is 10.1 Å². The molecule has 5 heteroatoms. The zero-order valence-electron chi connectivity index (χ0n) is 10.7. The number of hydrogen-bond donors (Lipinski definition) is 1. The van der Waals surface area contributed by atoms with Crippen molar-refractivity contribution in [3.8, 4) is 5.75 Å². The number of rotatable bonds is 5. The molecule has 1 unspecified atom stereocenters. The molecule has 1 aromatic carbocycles. The highest BCUT2D eigenvalue weighted by Crippen LogP contribution is 2.20. The maximum Gasteiger partial charge on any atom is 0.307 e. The summed E-state index contributed by atoms with van der Waals surface area (Å²) in [6.45, 7) is 1.41. The van der Waals surface area contributed by atoms with Gasteiger partial charge in [0.25, 0.3) is 0 Å². The monoisotopic (exact) mass is 251 g/mol. The van der Waals surface area contributed by atoms with Gasteiger partial charge < -0.3 is 14.8 Å². The summed E-state index contributed by atoms with van der Waals surface area (Å²) in [4.78, 5) is 22.4. The van der Waals surface area contributed by atoms with Crippen LogP contribution in [0, 0.1) is 0 Å². The minimum Gasteiger partial charge on any atom is -0.497 e. The Labute approximate surface area is 106 Å². The number of carbonyl (C=O) groups excluding carboxylic acids is 2. The predicted octanol–water partition coefficient (Wildman–Crippen LogP) is 1.44. The van der Waals surface area contributed by atoms with Crippen molar-refractivity contribution < 1.29 is 19.1 Å². The van der Waals surface area contributed by atoms with Crippen LogP contribution in [0.1, 0.15) is 24.9 Å². The minimum atomic E-state index is -0.388. The minimum absolute atomic E-state index is 0.0996. The molecule has 5 nitrogen and oxygen atoms in total. The summed E-state index contributed by atoms with van der Waals surface area (Å²) in [5.41, 5.74) is 0.830. The van der Waals surface area contributed by atoms with Crippen LogP contribution in [0.3, 0.4) is 0 Å². The zero-order chi connectivity index (χ0) is 13.5. The number of benzene rings is 1. The van der Waals surface area contributed by atoms with Crippen LogP contribution in [0.5, 0.6) is 5.75 Å². The highest BCUT2D eigenvalue weighted by atomic mass is 16.5. The molecule has 0 saturated heterocycles. The molecule has 98 valence electrons. The smallest absolute Gasteiger partial charge is 0.307 e. The maximum absolute atomic E-state index is 11.3. The molecule has 0 aliphatic carbocycles. The van der Waals surface area contributed by atoms with E-state index in [1.54, 1.807) is 19.2 Å². The molecule has 1 aromatic rings. The Hall–Kier alpha value is -2.04. The summed E-state index contributed by atoms with van der Waals surface area (Å²) in [5, 5.41) is 2.72. The van der Waals surface area contributed by atoms with Crippen molar-refractivity contribution in [2.24, 2.45) is 0 Å². The molecule has 0 saturated carbocycles. The zero-order valence-corrected chi connectivity index (χ0v) is 10.7. The van der Waals surface area contributed by atoms with Crippen molar-refractivity contribution in [1.82, 2.24) is 5.32 Å². The number of amides is 1. The van der Waals surface area contributed by atoms with Crippen LogP contribution in [0.2, 0.25) is 0 Å². The van der Waals surface area contributed by atoms with E-state index < -0.39 is 0 Å². The fraction of sp³-hybridized carbons (Fsp3) is 0.385. The van der Waals surface area contributed by atoms with Crippen molar-refractivity contribution in [1.29, 1.82) is 0 Å². The van der Waals surface area contributed by atoms with Crippen molar-refractivity contribution in [3.63, 3.8) is 0 Å². The van der Waals surface area contributed by atoms with Gasteiger partial charge in [-0.25, -0.2) is 0 Å². The predicted molar refractivity (Wildman–Crippen MR) is 66.2 cm³/mol. The molecule has 0 radical (unpaired) electrons. The third-order valence-corrected chi connectivity index (χ3v) is 2.49. The average molecular weight is 251 g/mol. The van der Waals surface area contributed by atoms with Crippen molar-refractivity contribution in [2.75, 3.05) is 14.2 Å². The topological polar surface area (TPSA) is 64.6 Å². The molecule has 1 rings (SSSR count). The van der Waals surface area contributed by atoms with Crippen LogP contribution in [0.25, 0.3) is 0 Å². The number of ether oxygens (including phenoxy) is 2. The third kappa shape index (κ3) is 4.08. The number of hydrogen-bond acceptors (Lipinski definition) is 4. The lowest BCUT2D eigenvalue weighted by Gasteiger charge is -2.17. The first-order valence-corrected chi connectivity index (χ1v) is 5.54. The maximum atomic E-state index is 11.3. The first kappa shape index (κ1) is 14.0. The summed E-state index contributed by atoms with van der Waals surface area (Å²) in [7, 11) is 2.90. The van der Waals surface area contributed by atoms with E-state index in [1.165, 1.54) is 14.0 Å². The van der Waals surface area contributed by atoms with E-state index in [-0.39, 0.29) is 24.3 Å². The number of methoxy groups -OCH3 is 2. The second-order valence-corrected chi connectivity index (χ2v) is 3.81. The Morgan fingerprint density at radius 2 is 1.83 bits per heavy atom. The molecular formula is C13H17NO4. The first-order chi connectivity index (χ1) is 8.56. The van der Waals surface area contributed by atoms with Gasteiger partial charge in [0.15, 0.2) is 0 Å². The van der Waals surface area contributed by atoms with Crippen LogP contribution < -0.4 is 10.1 Å². The fourth-order valence-corrected chi connectivity index (χ4v) is 1.58. The van der Waals surface area contributed by atoms with Gasteiger partial charge in [-0.15, -0.1) is 0 Å². The summed E-state index contributed by atoms with van der Waals surface area (Å²) in [6, 6.07) is 6.79. The van der Waals surface area contributed by atoms with Crippen LogP contribution in [-0.2, 0) is 14.3 Å². The quantitative estimate of drug-likeness (QED) is 0.804. The van der Waals surface area contributed by atoms with Crippen molar-refractivity contribution in [2.45, 2.75) is 19.4 Å². The van der Waals surface area contributed by atoms with Gasteiger partial charge in [-0.3, -0.25) is 9.59 Å². The molecule has 1 N–H and O–H groups in total. The molecule has 0 aromatic heterocycles. The first-order valence-electron chi connectivity index (χ1n) is 5.54. The standard InChI is InChI=1S/C13H17NO4/c1-9(15)14-12(8-13(16)18-3)10-4-6-11(17-2)7-5-10/h4-7,12H,8H2,1-3H3,(H,14,15). The average Bonchev–Trinajstić information content (AvgIpc) is 2.37. The molecular weight excluding hydrogens is 234 g/mol. The van der Waals surface area contributed by atoms with E-state index in [0.717, 1.165) is 11.3 Å². The van der Waals surface area contributed by atoms with Gasteiger partial charge in [0, 0.05) is 6.92 Å². The molecule has 18 heavy (non-hydrogen) atoms. The Balaban J connectivity index is 2.86. The Morgan fingerprint density at radius 1 is 1.22 bits per heavy atom. The Bertz CT molecular complexity index is 414. The fourth-order valence-electron chi connectivity index (χ4n) is 1.58. The van der Waals surface area contributed by atoms with Crippen LogP contribution in [0.15, 0.2) is 24.3 Å². The second kappa shape index (κ2) is 6.64. The Morgan fingerprint density at radius 3 is 2.28 bits per heavy atom. The van der Waals surface area contributed by atoms with Gasteiger partial charge >= 0.3 is 5.97 Å².